The minimum Gasteiger partial charge on any atom is -0.346 e. The number of aromatic nitrogens is 2. The molecule has 8 nitrogen and oxygen atoms in total. The van der Waals surface area contributed by atoms with Crippen LogP contribution in [0.15, 0.2) is 18.2 Å². The van der Waals surface area contributed by atoms with Crippen molar-refractivity contribution in [3.63, 3.8) is 0 Å². The van der Waals surface area contributed by atoms with Gasteiger partial charge in [-0.05, 0) is 47.0 Å². The van der Waals surface area contributed by atoms with Crippen LogP contribution < -0.4 is 5.32 Å². The zero-order valence-electron chi connectivity index (χ0n) is 13.7. The van der Waals surface area contributed by atoms with E-state index in [4.69, 9.17) is 0 Å². The van der Waals surface area contributed by atoms with Crippen molar-refractivity contribution in [2.75, 3.05) is 20.6 Å². The molecular formula is C15H21N5O3. The maximum atomic E-state index is 12.5. The Bertz CT molecular complexity index is 736. The summed E-state index contributed by atoms with van der Waals surface area (Å²) in [6.45, 7) is 4.71. The predicted molar refractivity (Wildman–Crippen MR) is 87.5 cm³/mol. The lowest BCUT2D eigenvalue weighted by Gasteiger charge is -2.27. The van der Waals surface area contributed by atoms with E-state index < -0.39 is 10.5 Å². The van der Waals surface area contributed by atoms with Crippen LogP contribution in [-0.4, -0.2) is 52.1 Å². The number of hydrogen-bond donors (Lipinski definition) is 2. The van der Waals surface area contributed by atoms with Gasteiger partial charge in [0.15, 0.2) is 5.69 Å². The Balaban J connectivity index is 2.24. The summed E-state index contributed by atoms with van der Waals surface area (Å²) in [7, 11) is 3.94. The summed E-state index contributed by atoms with van der Waals surface area (Å²) in [6, 6.07) is 4.29. The van der Waals surface area contributed by atoms with Crippen LogP contribution in [0.3, 0.4) is 0 Å². The van der Waals surface area contributed by atoms with Crippen LogP contribution in [0.25, 0.3) is 10.9 Å². The summed E-state index contributed by atoms with van der Waals surface area (Å²) in [4.78, 5) is 24.9. The number of nitro groups is 1. The van der Waals surface area contributed by atoms with Gasteiger partial charge in [-0.3, -0.25) is 20.0 Å². The Labute approximate surface area is 134 Å². The van der Waals surface area contributed by atoms with Gasteiger partial charge in [0, 0.05) is 23.1 Å². The highest BCUT2D eigenvalue weighted by Crippen LogP contribution is 2.22. The molecule has 1 aromatic carbocycles. The van der Waals surface area contributed by atoms with Gasteiger partial charge in [-0.2, -0.15) is 5.10 Å². The number of carbonyl (C=O) groups excluding carboxylic acids is 1. The first-order valence-electron chi connectivity index (χ1n) is 7.29. The molecule has 2 aromatic rings. The van der Waals surface area contributed by atoms with E-state index in [-0.39, 0.29) is 17.3 Å². The zero-order valence-corrected chi connectivity index (χ0v) is 13.7. The van der Waals surface area contributed by atoms with Crippen molar-refractivity contribution < 1.29 is 9.72 Å². The molecule has 1 amide bonds. The van der Waals surface area contributed by atoms with E-state index >= 15 is 0 Å². The van der Waals surface area contributed by atoms with E-state index in [0.717, 1.165) is 13.0 Å². The summed E-state index contributed by atoms with van der Waals surface area (Å²) in [5.41, 5.74) is 0.279. The number of aromatic amines is 1. The fourth-order valence-electron chi connectivity index (χ4n) is 2.22. The van der Waals surface area contributed by atoms with E-state index in [1.165, 1.54) is 12.1 Å². The molecule has 0 saturated carbocycles. The second kappa shape index (κ2) is 6.33. The average molecular weight is 319 g/mol. The molecular weight excluding hydrogens is 298 g/mol. The molecule has 0 radical (unpaired) electrons. The SMILES string of the molecule is CN(C)CCC(C)(C)NC(=O)c1n[nH]c2ccc([N+](=O)[O-])cc12. The first-order valence-corrected chi connectivity index (χ1v) is 7.29. The van der Waals surface area contributed by atoms with Crippen LogP contribution in [0.4, 0.5) is 5.69 Å². The summed E-state index contributed by atoms with van der Waals surface area (Å²) in [5, 5.41) is 21.0. The Morgan fingerprint density at radius 2 is 2.13 bits per heavy atom. The molecule has 23 heavy (non-hydrogen) atoms. The first-order chi connectivity index (χ1) is 10.7. The third-order valence-electron chi connectivity index (χ3n) is 3.61. The number of nitro benzene ring substituents is 1. The molecule has 1 aromatic heterocycles. The minimum atomic E-state index is -0.491. The Morgan fingerprint density at radius 3 is 2.74 bits per heavy atom. The number of fused-ring (bicyclic) bond motifs is 1. The Hall–Kier alpha value is -2.48. The predicted octanol–water partition coefficient (Wildman–Crippen LogP) is 1.93. The standard InChI is InChI=1S/C15H21N5O3/c1-15(2,7-8-19(3)4)16-14(21)13-11-9-10(20(22)23)5-6-12(11)17-18-13/h5-6,9H,7-8H2,1-4H3,(H,16,21)(H,17,18). The molecule has 0 unspecified atom stereocenters. The van der Waals surface area contributed by atoms with E-state index in [1.807, 2.05) is 32.8 Å². The number of hydrogen-bond acceptors (Lipinski definition) is 5. The Kier molecular flexibility index (Phi) is 4.65. The van der Waals surface area contributed by atoms with E-state index in [2.05, 4.69) is 15.5 Å². The molecule has 8 heteroatoms. The quantitative estimate of drug-likeness (QED) is 0.625. The number of rotatable bonds is 6. The monoisotopic (exact) mass is 319 g/mol. The zero-order chi connectivity index (χ0) is 17.2. The summed E-state index contributed by atoms with van der Waals surface area (Å²) < 4.78 is 0. The van der Waals surface area contributed by atoms with Crippen LogP contribution in [-0.2, 0) is 0 Å². The van der Waals surface area contributed by atoms with E-state index in [0.29, 0.717) is 10.9 Å². The van der Waals surface area contributed by atoms with Crippen molar-refractivity contribution in [2.24, 2.45) is 0 Å². The third-order valence-corrected chi connectivity index (χ3v) is 3.61. The largest absolute Gasteiger partial charge is 0.346 e. The third kappa shape index (κ3) is 4.04. The normalized spacial score (nSPS) is 11.9. The van der Waals surface area contributed by atoms with Gasteiger partial charge in [0.25, 0.3) is 11.6 Å². The molecule has 0 bridgehead atoms. The average Bonchev–Trinajstić information content (AvgIpc) is 2.87. The molecule has 0 aliphatic rings. The van der Waals surface area contributed by atoms with Gasteiger partial charge >= 0.3 is 0 Å². The number of H-pyrrole nitrogens is 1. The molecule has 0 aliphatic carbocycles. The van der Waals surface area contributed by atoms with Crippen LogP contribution in [0, 0.1) is 10.1 Å². The fraction of sp³-hybridized carbons (Fsp3) is 0.467. The lowest BCUT2D eigenvalue weighted by atomic mass is 10.00. The van der Waals surface area contributed by atoms with Gasteiger partial charge in [-0.25, -0.2) is 0 Å². The molecule has 0 fully saturated rings. The van der Waals surface area contributed by atoms with Crippen molar-refractivity contribution in [1.82, 2.24) is 20.4 Å². The van der Waals surface area contributed by atoms with E-state index in [1.54, 1.807) is 6.07 Å². The minimum absolute atomic E-state index is 0.0696. The van der Waals surface area contributed by atoms with Crippen molar-refractivity contribution in [2.45, 2.75) is 25.8 Å². The van der Waals surface area contributed by atoms with Gasteiger partial charge in [0.2, 0.25) is 0 Å². The first kappa shape index (κ1) is 16.9. The summed E-state index contributed by atoms with van der Waals surface area (Å²) in [5.74, 6) is -0.347. The summed E-state index contributed by atoms with van der Waals surface area (Å²) >= 11 is 0. The molecule has 0 saturated heterocycles. The van der Waals surface area contributed by atoms with Crippen molar-refractivity contribution in [3.8, 4) is 0 Å². The van der Waals surface area contributed by atoms with Crippen molar-refractivity contribution in [1.29, 1.82) is 0 Å². The van der Waals surface area contributed by atoms with Gasteiger partial charge in [0.05, 0.1) is 10.4 Å². The second-order valence-electron chi connectivity index (χ2n) is 6.45. The number of benzene rings is 1. The summed E-state index contributed by atoms with van der Waals surface area (Å²) in [6.07, 6.45) is 0.772. The topological polar surface area (TPSA) is 104 Å². The second-order valence-corrected chi connectivity index (χ2v) is 6.45. The molecule has 0 aliphatic heterocycles. The number of non-ortho nitro benzene ring substituents is 1. The van der Waals surface area contributed by atoms with Crippen molar-refractivity contribution >= 4 is 22.5 Å². The van der Waals surface area contributed by atoms with Crippen LogP contribution in [0.1, 0.15) is 30.8 Å². The fourth-order valence-corrected chi connectivity index (χ4v) is 2.22. The molecule has 2 rings (SSSR count). The number of nitrogens with one attached hydrogen (secondary N) is 2. The molecule has 0 spiro atoms. The molecule has 124 valence electrons. The van der Waals surface area contributed by atoms with Crippen LogP contribution >= 0.6 is 0 Å². The maximum absolute atomic E-state index is 12.5. The van der Waals surface area contributed by atoms with Crippen LogP contribution in [0.2, 0.25) is 0 Å². The van der Waals surface area contributed by atoms with Crippen LogP contribution in [0.5, 0.6) is 0 Å². The lowest BCUT2D eigenvalue weighted by molar-refractivity contribution is -0.384. The Morgan fingerprint density at radius 1 is 1.43 bits per heavy atom. The molecule has 1 heterocycles. The van der Waals surface area contributed by atoms with Gasteiger partial charge < -0.3 is 10.2 Å². The maximum Gasteiger partial charge on any atom is 0.272 e. The molecule has 0 atom stereocenters. The highest BCUT2D eigenvalue weighted by molar-refractivity contribution is 6.05. The van der Waals surface area contributed by atoms with Gasteiger partial charge in [0.1, 0.15) is 0 Å². The van der Waals surface area contributed by atoms with E-state index in [9.17, 15) is 14.9 Å². The van der Waals surface area contributed by atoms with Crippen molar-refractivity contribution in [3.05, 3.63) is 34.0 Å². The van der Waals surface area contributed by atoms with Gasteiger partial charge in [-0.1, -0.05) is 0 Å². The lowest BCUT2D eigenvalue weighted by Crippen LogP contribution is -2.45. The highest BCUT2D eigenvalue weighted by Gasteiger charge is 2.24. The number of nitrogens with zero attached hydrogens (tertiary/aromatic N) is 3. The number of carbonyl (C=O) groups is 1. The highest BCUT2D eigenvalue weighted by atomic mass is 16.6. The number of amides is 1. The molecule has 2 N–H and O–H groups in total. The smallest absolute Gasteiger partial charge is 0.272 e. The van der Waals surface area contributed by atoms with Gasteiger partial charge in [-0.15, -0.1) is 0 Å².